The predicted molar refractivity (Wildman–Crippen MR) is 67.6 cm³/mol. The van der Waals surface area contributed by atoms with Gasteiger partial charge in [0.05, 0.1) is 12.1 Å². The number of hydrogen-bond donors (Lipinski definition) is 1. The number of piperidine rings is 1. The van der Waals surface area contributed by atoms with Crippen LogP contribution in [-0.4, -0.2) is 20.2 Å². The highest BCUT2D eigenvalue weighted by Crippen LogP contribution is 2.39. The molecule has 3 heteroatoms. The molecule has 1 saturated heterocycles. The summed E-state index contributed by atoms with van der Waals surface area (Å²) in [5, 5.41) is 4.11. The highest BCUT2D eigenvalue weighted by atomic mass is 35.5. The Hall–Kier alpha value is -0.730. The SMILES string of the molecule is COc1c(Cl)ccc(C)c1C1CCNCC1. The van der Waals surface area contributed by atoms with Crippen molar-refractivity contribution in [1.29, 1.82) is 0 Å². The Kier molecular flexibility index (Phi) is 3.72. The average Bonchev–Trinajstić information content (AvgIpc) is 2.33. The molecular weight excluding hydrogens is 222 g/mol. The zero-order chi connectivity index (χ0) is 11.5. The van der Waals surface area contributed by atoms with Crippen molar-refractivity contribution in [3.63, 3.8) is 0 Å². The van der Waals surface area contributed by atoms with Crippen LogP contribution in [0.2, 0.25) is 5.02 Å². The fourth-order valence-electron chi connectivity index (χ4n) is 2.50. The van der Waals surface area contributed by atoms with Gasteiger partial charge in [-0.3, -0.25) is 0 Å². The normalized spacial score (nSPS) is 17.4. The van der Waals surface area contributed by atoms with Crippen molar-refractivity contribution in [3.8, 4) is 5.75 Å². The van der Waals surface area contributed by atoms with Gasteiger partial charge < -0.3 is 10.1 Å². The lowest BCUT2D eigenvalue weighted by Gasteiger charge is -2.26. The molecule has 0 spiro atoms. The summed E-state index contributed by atoms with van der Waals surface area (Å²) >= 11 is 6.18. The first kappa shape index (κ1) is 11.7. The lowest BCUT2D eigenvalue weighted by atomic mass is 9.87. The molecule has 2 nitrogen and oxygen atoms in total. The van der Waals surface area contributed by atoms with Crippen LogP contribution in [0, 0.1) is 6.92 Å². The Balaban J connectivity index is 2.40. The van der Waals surface area contributed by atoms with Gasteiger partial charge in [-0.05, 0) is 50.4 Å². The van der Waals surface area contributed by atoms with Gasteiger partial charge in [-0.15, -0.1) is 0 Å². The summed E-state index contributed by atoms with van der Waals surface area (Å²) in [6, 6.07) is 4.00. The molecule has 0 amide bonds. The van der Waals surface area contributed by atoms with Gasteiger partial charge in [0.2, 0.25) is 0 Å². The number of hydrogen-bond acceptors (Lipinski definition) is 2. The summed E-state index contributed by atoms with van der Waals surface area (Å²) in [6.45, 7) is 4.30. The van der Waals surface area contributed by atoms with Gasteiger partial charge in [-0.1, -0.05) is 17.7 Å². The van der Waals surface area contributed by atoms with E-state index < -0.39 is 0 Å². The molecule has 1 N–H and O–H groups in total. The highest BCUT2D eigenvalue weighted by molar-refractivity contribution is 6.32. The molecule has 0 unspecified atom stereocenters. The minimum absolute atomic E-state index is 0.579. The summed E-state index contributed by atoms with van der Waals surface area (Å²) in [5.41, 5.74) is 2.59. The molecule has 1 heterocycles. The van der Waals surface area contributed by atoms with Crippen LogP contribution in [0.1, 0.15) is 29.9 Å². The molecule has 1 aliphatic heterocycles. The molecule has 1 aromatic carbocycles. The number of methoxy groups -OCH3 is 1. The quantitative estimate of drug-likeness (QED) is 0.856. The Morgan fingerprint density at radius 2 is 2.00 bits per heavy atom. The van der Waals surface area contributed by atoms with Crippen LogP contribution in [0.3, 0.4) is 0 Å². The first-order valence-electron chi connectivity index (χ1n) is 5.77. The van der Waals surface area contributed by atoms with Crippen LogP contribution in [0.15, 0.2) is 12.1 Å². The Bertz CT molecular complexity index is 372. The maximum atomic E-state index is 6.18. The minimum atomic E-state index is 0.579. The molecule has 16 heavy (non-hydrogen) atoms. The molecule has 88 valence electrons. The second-order valence-electron chi connectivity index (χ2n) is 4.34. The van der Waals surface area contributed by atoms with E-state index in [-0.39, 0.29) is 0 Å². The molecule has 0 aromatic heterocycles. The molecule has 0 radical (unpaired) electrons. The van der Waals surface area contributed by atoms with Crippen molar-refractivity contribution in [1.82, 2.24) is 5.32 Å². The molecule has 0 atom stereocenters. The third-order valence-electron chi connectivity index (χ3n) is 3.32. The fourth-order valence-corrected chi connectivity index (χ4v) is 2.74. The van der Waals surface area contributed by atoms with E-state index in [1.807, 2.05) is 6.07 Å². The third-order valence-corrected chi connectivity index (χ3v) is 3.62. The van der Waals surface area contributed by atoms with E-state index >= 15 is 0 Å². The average molecular weight is 240 g/mol. The number of rotatable bonds is 2. The van der Waals surface area contributed by atoms with Crippen LogP contribution in [0.5, 0.6) is 5.75 Å². The first-order valence-corrected chi connectivity index (χ1v) is 6.15. The lowest BCUT2D eigenvalue weighted by Crippen LogP contribution is -2.27. The van der Waals surface area contributed by atoms with Gasteiger partial charge in [0.15, 0.2) is 0 Å². The number of nitrogens with one attached hydrogen (secondary N) is 1. The smallest absolute Gasteiger partial charge is 0.141 e. The molecular formula is C13H18ClNO. The molecule has 2 rings (SSSR count). The van der Waals surface area contributed by atoms with Crippen LogP contribution in [0.4, 0.5) is 0 Å². The number of halogens is 1. The lowest BCUT2D eigenvalue weighted by molar-refractivity contribution is 0.391. The maximum absolute atomic E-state index is 6.18. The van der Waals surface area contributed by atoms with Gasteiger partial charge in [-0.2, -0.15) is 0 Å². The van der Waals surface area contributed by atoms with Crippen molar-refractivity contribution in [2.24, 2.45) is 0 Å². The van der Waals surface area contributed by atoms with Crippen molar-refractivity contribution in [2.75, 3.05) is 20.2 Å². The van der Waals surface area contributed by atoms with Gasteiger partial charge in [0, 0.05) is 5.56 Å². The highest BCUT2D eigenvalue weighted by Gasteiger charge is 2.22. The monoisotopic (exact) mass is 239 g/mol. The van der Waals surface area contributed by atoms with E-state index in [1.54, 1.807) is 7.11 Å². The van der Waals surface area contributed by atoms with E-state index in [1.165, 1.54) is 11.1 Å². The van der Waals surface area contributed by atoms with E-state index in [9.17, 15) is 0 Å². The summed E-state index contributed by atoms with van der Waals surface area (Å²) in [4.78, 5) is 0. The molecule has 0 aliphatic carbocycles. The van der Waals surface area contributed by atoms with Crippen molar-refractivity contribution in [3.05, 3.63) is 28.3 Å². The van der Waals surface area contributed by atoms with Crippen molar-refractivity contribution in [2.45, 2.75) is 25.7 Å². The number of aryl methyl sites for hydroxylation is 1. The topological polar surface area (TPSA) is 21.3 Å². The number of benzene rings is 1. The van der Waals surface area contributed by atoms with Crippen LogP contribution < -0.4 is 10.1 Å². The molecule has 0 saturated carbocycles. The van der Waals surface area contributed by atoms with Crippen LogP contribution >= 0.6 is 11.6 Å². The van der Waals surface area contributed by atoms with Crippen molar-refractivity contribution >= 4 is 11.6 Å². The Morgan fingerprint density at radius 3 is 2.62 bits per heavy atom. The van der Waals surface area contributed by atoms with Crippen molar-refractivity contribution < 1.29 is 4.74 Å². The second-order valence-corrected chi connectivity index (χ2v) is 4.74. The van der Waals surface area contributed by atoms with E-state index in [0.717, 1.165) is 36.7 Å². The van der Waals surface area contributed by atoms with E-state index in [2.05, 4.69) is 18.3 Å². The van der Waals surface area contributed by atoms with E-state index in [4.69, 9.17) is 16.3 Å². The molecule has 1 fully saturated rings. The minimum Gasteiger partial charge on any atom is -0.495 e. The fraction of sp³-hybridized carbons (Fsp3) is 0.538. The molecule has 0 bridgehead atoms. The zero-order valence-corrected chi connectivity index (χ0v) is 10.6. The van der Waals surface area contributed by atoms with Gasteiger partial charge >= 0.3 is 0 Å². The standard InChI is InChI=1S/C13H18ClNO/c1-9-3-4-11(14)13(16-2)12(9)10-5-7-15-8-6-10/h3-4,10,15H,5-8H2,1-2H3. The summed E-state index contributed by atoms with van der Waals surface area (Å²) in [5.74, 6) is 1.45. The maximum Gasteiger partial charge on any atom is 0.141 e. The van der Waals surface area contributed by atoms with E-state index in [0.29, 0.717) is 5.92 Å². The van der Waals surface area contributed by atoms with Gasteiger partial charge in [0.1, 0.15) is 5.75 Å². The van der Waals surface area contributed by atoms with Crippen LogP contribution in [0.25, 0.3) is 0 Å². The Labute approximate surface area is 102 Å². The summed E-state index contributed by atoms with van der Waals surface area (Å²) in [7, 11) is 1.70. The predicted octanol–water partition coefficient (Wildman–Crippen LogP) is 3.12. The third kappa shape index (κ3) is 2.18. The molecule has 1 aliphatic rings. The molecule has 1 aromatic rings. The zero-order valence-electron chi connectivity index (χ0n) is 9.85. The van der Waals surface area contributed by atoms with Crippen LogP contribution in [-0.2, 0) is 0 Å². The second kappa shape index (κ2) is 5.07. The number of ether oxygens (including phenoxy) is 1. The van der Waals surface area contributed by atoms with Gasteiger partial charge in [0.25, 0.3) is 0 Å². The summed E-state index contributed by atoms with van der Waals surface area (Å²) < 4.78 is 5.46. The summed E-state index contributed by atoms with van der Waals surface area (Å²) in [6.07, 6.45) is 2.33. The first-order chi connectivity index (χ1) is 7.74. The largest absolute Gasteiger partial charge is 0.495 e. The van der Waals surface area contributed by atoms with Gasteiger partial charge in [-0.25, -0.2) is 0 Å². The Morgan fingerprint density at radius 1 is 1.31 bits per heavy atom.